The van der Waals surface area contributed by atoms with Crippen LogP contribution in [0.3, 0.4) is 0 Å². The van der Waals surface area contributed by atoms with Crippen LogP contribution in [0.2, 0.25) is 0 Å². The van der Waals surface area contributed by atoms with Crippen molar-refractivity contribution in [1.82, 2.24) is 0 Å². The number of rotatable bonds is 2. The predicted molar refractivity (Wildman–Crippen MR) is 66.0 cm³/mol. The van der Waals surface area contributed by atoms with Crippen LogP contribution in [0.1, 0.15) is 18.1 Å². The van der Waals surface area contributed by atoms with Crippen molar-refractivity contribution in [2.45, 2.75) is 20.3 Å². The molecule has 0 atom stereocenters. The Morgan fingerprint density at radius 2 is 1.56 bits per heavy atom. The summed E-state index contributed by atoms with van der Waals surface area (Å²) >= 11 is 0. The van der Waals surface area contributed by atoms with Gasteiger partial charge in [-0.25, -0.2) is 4.39 Å². The van der Waals surface area contributed by atoms with Crippen molar-refractivity contribution in [3.63, 3.8) is 0 Å². The van der Waals surface area contributed by atoms with Gasteiger partial charge in [-0.3, -0.25) is 0 Å². The molecule has 0 amide bonds. The third-order valence-electron chi connectivity index (χ3n) is 2.82. The molecule has 0 unspecified atom stereocenters. The number of halogens is 1. The van der Waals surface area contributed by atoms with Gasteiger partial charge in [0.05, 0.1) is 0 Å². The maximum atomic E-state index is 13.6. The highest BCUT2D eigenvalue weighted by molar-refractivity contribution is 5.64. The first-order chi connectivity index (χ1) is 7.70. The predicted octanol–water partition coefficient (Wildman–Crippen LogP) is 4.36. The summed E-state index contributed by atoms with van der Waals surface area (Å²) in [6.07, 6.45) is 0.736. The van der Waals surface area contributed by atoms with Crippen LogP contribution in [0, 0.1) is 12.7 Å². The van der Waals surface area contributed by atoms with Crippen LogP contribution < -0.4 is 0 Å². The summed E-state index contributed by atoms with van der Waals surface area (Å²) in [5.41, 5.74) is 3.99. The SMILES string of the molecule is CCc1ccc(-c2ccc(C)cc2)cc1F. The van der Waals surface area contributed by atoms with Gasteiger partial charge in [-0.1, -0.05) is 48.9 Å². The van der Waals surface area contributed by atoms with Crippen LogP contribution in [-0.2, 0) is 6.42 Å². The molecule has 0 bridgehead atoms. The fraction of sp³-hybridized carbons (Fsp3) is 0.200. The number of hydrogen-bond acceptors (Lipinski definition) is 0. The minimum Gasteiger partial charge on any atom is -0.207 e. The van der Waals surface area contributed by atoms with E-state index in [0.29, 0.717) is 0 Å². The van der Waals surface area contributed by atoms with Gasteiger partial charge in [-0.15, -0.1) is 0 Å². The Labute approximate surface area is 95.7 Å². The van der Waals surface area contributed by atoms with E-state index in [0.717, 1.165) is 23.1 Å². The second kappa shape index (κ2) is 4.48. The van der Waals surface area contributed by atoms with E-state index in [1.807, 2.05) is 50.2 Å². The van der Waals surface area contributed by atoms with E-state index in [1.54, 1.807) is 6.07 Å². The molecule has 82 valence electrons. The highest BCUT2D eigenvalue weighted by atomic mass is 19.1. The zero-order valence-electron chi connectivity index (χ0n) is 9.63. The summed E-state index contributed by atoms with van der Waals surface area (Å²) in [7, 11) is 0. The van der Waals surface area contributed by atoms with E-state index in [4.69, 9.17) is 0 Å². The first-order valence-corrected chi connectivity index (χ1v) is 5.56. The number of aryl methyl sites for hydroxylation is 2. The van der Waals surface area contributed by atoms with E-state index in [-0.39, 0.29) is 5.82 Å². The quantitative estimate of drug-likeness (QED) is 0.696. The van der Waals surface area contributed by atoms with Crippen LogP contribution in [0.15, 0.2) is 42.5 Å². The molecule has 0 radical (unpaired) electrons. The monoisotopic (exact) mass is 214 g/mol. The Morgan fingerprint density at radius 3 is 2.12 bits per heavy atom. The highest BCUT2D eigenvalue weighted by Crippen LogP contribution is 2.22. The van der Waals surface area contributed by atoms with Gasteiger partial charge in [0.25, 0.3) is 0 Å². The lowest BCUT2D eigenvalue weighted by molar-refractivity contribution is 0.613. The molecule has 0 N–H and O–H groups in total. The molecule has 0 aliphatic heterocycles. The summed E-state index contributed by atoms with van der Waals surface area (Å²) in [5, 5.41) is 0. The van der Waals surface area contributed by atoms with Crippen molar-refractivity contribution < 1.29 is 4.39 Å². The fourth-order valence-corrected chi connectivity index (χ4v) is 1.76. The maximum Gasteiger partial charge on any atom is 0.127 e. The lowest BCUT2D eigenvalue weighted by Crippen LogP contribution is -1.88. The van der Waals surface area contributed by atoms with Gasteiger partial charge < -0.3 is 0 Å². The second-order valence-corrected chi connectivity index (χ2v) is 4.03. The molecule has 2 aromatic carbocycles. The van der Waals surface area contributed by atoms with Crippen molar-refractivity contribution in [2.24, 2.45) is 0 Å². The third-order valence-corrected chi connectivity index (χ3v) is 2.82. The largest absolute Gasteiger partial charge is 0.207 e. The van der Waals surface area contributed by atoms with E-state index >= 15 is 0 Å². The van der Waals surface area contributed by atoms with E-state index in [9.17, 15) is 4.39 Å². The van der Waals surface area contributed by atoms with Crippen molar-refractivity contribution >= 4 is 0 Å². The fourth-order valence-electron chi connectivity index (χ4n) is 1.76. The molecule has 0 aliphatic carbocycles. The molecule has 0 fully saturated rings. The normalized spacial score (nSPS) is 10.4. The zero-order valence-corrected chi connectivity index (χ0v) is 9.63. The summed E-state index contributed by atoms with van der Waals surface area (Å²) in [4.78, 5) is 0. The Morgan fingerprint density at radius 1 is 0.938 bits per heavy atom. The maximum absolute atomic E-state index is 13.6. The molecule has 0 nitrogen and oxygen atoms in total. The molecule has 0 aromatic heterocycles. The molecule has 0 aliphatic rings. The molecular formula is C15H15F. The minimum absolute atomic E-state index is 0.111. The zero-order chi connectivity index (χ0) is 11.5. The summed E-state index contributed by atoms with van der Waals surface area (Å²) < 4.78 is 13.6. The van der Waals surface area contributed by atoms with Crippen LogP contribution in [-0.4, -0.2) is 0 Å². The Balaban J connectivity index is 2.41. The average molecular weight is 214 g/mol. The summed E-state index contributed by atoms with van der Waals surface area (Å²) in [5.74, 6) is -0.111. The van der Waals surface area contributed by atoms with Crippen molar-refractivity contribution in [1.29, 1.82) is 0 Å². The molecule has 2 aromatic rings. The van der Waals surface area contributed by atoms with Gasteiger partial charge in [0.1, 0.15) is 5.82 Å². The molecule has 0 heterocycles. The third kappa shape index (κ3) is 2.13. The minimum atomic E-state index is -0.111. The molecule has 0 saturated carbocycles. The van der Waals surface area contributed by atoms with Gasteiger partial charge in [0, 0.05) is 0 Å². The molecule has 2 rings (SSSR count). The Bertz CT molecular complexity index is 483. The van der Waals surface area contributed by atoms with E-state index in [2.05, 4.69) is 0 Å². The van der Waals surface area contributed by atoms with Crippen LogP contribution in [0.4, 0.5) is 4.39 Å². The molecule has 0 saturated heterocycles. The summed E-state index contributed by atoms with van der Waals surface area (Å²) in [6, 6.07) is 13.6. The van der Waals surface area contributed by atoms with Crippen LogP contribution in [0.25, 0.3) is 11.1 Å². The van der Waals surface area contributed by atoms with E-state index in [1.165, 1.54) is 5.56 Å². The highest BCUT2D eigenvalue weighted by Gasteiger charge is 2.03. The lowest BCUT2D eigenvalue weighted by atomic mass is 10.0. The van der Waals surface area contributed by atoms with Gasteiger partial charge in [0.15, 0.2) is 0 Å². The van der Waals surface area contributed by atoms with Crippen molar-refractivity contribution in [3.05, 3.63) is 59.4 Å². The van der Waals surface area contributed by atoms with Crippen LogP contribution in [0.5, 0.6) is 0 Å². The van der Waals surface area contributed by atoms with Gasteiger partial charge in [0.2, 0.25) is 0 Å². The average Bonchev–Trinajstić information content (AvgIpc) is 2.30. The van der Waals surface area contributed by atoms with E-state index < -0.39 is 0 Å². The van der Waals surface area contributed by atoms with Crippen molar-refractivity contribution in [3.8, 4) is 11.1 Å². The Hall–Kier alpha value is -1.63. The van der Waals surface area contributed by atoms with Gasteiger partial charge in [-0.2, -0.15) is 0 Å². The first-order valence-electron chi connectivity index (χ1n) is 5.56. The van der Waals surface area contributed by atoms with Crippen LogP contribution >= 0.6 is 0 Å². The molecular weight excluding hydrogens is 199 g/mol. The molecule has 0 spiro atoms. The number of benzene rings is 2. The lowest BCUT2D eigenvalue weighted by Gasteiger charge is -2.05. The molecule has 1 heteroatoms. The first kappa shape index (κ1) is 10.9. The van der Waals surface area contributed by atoms with Gasteiger partial charge in [-0.05, 0) is 36.1 Å². The van der Waals surface area contributed by atoms with Gasteiger partial charge >= 0.3 is 0 Å². The van der Waals surface area contributed by atoms with Crippen molar-refractivity contribution in [2.75, 3.05) is 0 Å². The second-order valence-electron chi connectivity index (χ2n) is 4.03. The standard InChI is InChI=1S/C15H15F/c1-3-12-8-9-14(10-15(12)16)13-6-4-11(2)5-7-13/h4-10H,3H2,1-2H3. The smallest absolute Gasteiger partial charge is 0.127 e. The Kier molecular flexibility index (Phi) is 3.04. The number of hydrogen-bond donors (Lipinski definition) is 0. The summed E-state index contributed by atoms with van der Waals surface area (Å²) in [6.45, 7) is 4.01. The molecule has 16 heavy (non-hydrogen) atoms. The topological polar surface area (TPSA) is 0 Å².